The van der Waals surface area contributed by atoms with E-state index in [0.29, 0.717) is 15.7 Å². The number of amides is 1. The van der Waals surface area contributed by atoms with Crippen LogP contribution >= 0.6 is 23.2 Å². The number of para-hydroxylation sites is 1. The number of aromatic nitrogens is 1. The van der Waals surface area contributed by atoms with Crippen molar-refractivity contribution in [2.24, 2.45) is 0 Å². The van der Waals surface area contributed by atoms with Gasteiger partial charge in [-0.15, -0.1) is 0 Å². The molecule has 2 N–H and O–H groups in total. The Kier molecular flexibility index (Phi) is 5.49. The van der Waals surface area contributed by atoms with Crippen LogP contribution in [0.1, 0.15) is 12.5 Å². The molecule has 1 amide bonds. The number of nitrogens with one attached hydrogen (secondary N) is 2. The van der Waals surface area contributed by atoms with Gasteiger partial charge < -0.3 is 15.0 Å². The standard InChI is InChI=1S/C19H16Cl2N2O3/c1-11(19(25)23-17-9-13(20)6-7-15(17)21)26-18(24)8-12-10-22-16-5-3-2-4-14(12)16/h2-7,9-11,22H,8H2,1H3,(H,23,25)/t11-/m0/s1. The molecule has 2 aromatic carbocycles. The van der Waals surface area contributed by atoms with Crippen molar-refractivity contribution in [1.29, 1.82) is 0 Å². The normalized spacial score (nSPS) is 12.0. The number of anilines is 1. The molecule has 0 fully saturated rings. The van der Waals surface area contributed by atoms with Crippen molar-refractivity contribution in [3.05, 3.63) is 64.3 Å². The molecule has 0 aliphatic rings. The maximum Gasteiger partial charge on any atom is 0.311 e. The van der Waals surface area contributed by atoms with Gasteiger partial charge in [0.25, 0.3) is 5.91 Å². The van der Waals surface area contributed by atoms with E-state index in [4.69, 9.17) is 27.9 Å². The van der Waals surface area contributed by atoms with Gasteiger partial charge >= 0.3 is 5.97 Å². The molecule has 1 heterocycles. The zero-order valence-corrected chi connectivity index (χ0v) is 15.4. The molecule has 1 atom stereocenters. The molecular weight excluding hydrogens is 375 g/mol. The summed E-state index contributed by atoms with van der Waals surface area (Å²) in [5.41, 5.74) is 2.12. The smallest absolute Gasteiger partial charge is 0.311 e. The van der Waals surface area contributed by atoms with Crippen LogP contribution in [-0.4, -0.2) is 23.0 Å². The van der Waals surface area contributed by atoms with E-state index in [1.807, 2.05) is 24.3 Å². The zero-order valence-electron chi connectivity index (χ0n) is 13.9. The molecule has 0 saturated carbocycles. The van der Waals surface area contributed by atoms with Crippen molar-refractivity contribution in [3.63, 3.8) is 0 Å². The van der Waals surface area contributed by atoms with Crippen LogP contribution < -0.4 is 5.32 Å². The Morgan fingerprint density at radius 3 is 2.77 bits per heavy atom. The van der Waals surface area contributed by atoms with E-state index < -0.39 is 18.0 Å². The number of rotatable bonds is 5. The Hall–Kier alpha value is -2.50. The second kappa shape index (κ2) is 7.81. The molecular formula is C19H16Cl2N2O3. The molecule has 134 valence electrons. The third-order valence-corrected chi connectivity index (χ3v) is 4.44. The highest BCUT2D eigenvalue weighted by atomic mass is 35.5. The number of halogens is 2. The number of hydrogen-bond donors (Lipinski definition) is 2. The monoisotopic (exact) mass is 390 g/mol. The van der Waals surface area contributed by atoms with Crippen LogP contribution in [-0.2, 0) is 20.7 Å². The summed E-state index contributed by atoms with van der Waals surface area (Å²) in [5, 5.41) is 4.34. The first kappa shape index (κ1) is 18.3. The SMILES string of the molecule is C[C@H](OC(=O)Cc1c[nH]c2ccccc12)C(=O)Nc1cc(Cl)ccc1Cl. The quantitative estimate of drug-likeness (QED) is 0.625. The van der Waals surface area contributed by atoms with Gasteiger partial charge in [-0.25, -0.2) is 0 Å². The van der Waals surface area contributed by atoms with E-state index in [1.54, 1.807) is 18.3 Å². The molecule has 0 aliphatic heterocycles. The first-order valence-corrected chi connectivity index (χ1v) is 8.70. The maximum atomic E-state index is 12.2. The van der Waals surface area contributed by atoms with Crippen molar-refractivity contribution >= 4 is 51.7 Å². The topological polar surface area (TPSA) is 71.2 Å². The van der Waals surface area contributed by atoms with Crippen LogP contribution in [0.4, 0.5) is 5.69 Å². The number of carbonyl (C=O) groups excluding carboxylic acids is 2. The molecule has 3 aromatic rings. The van der Waals surface area contributed by atoms with Crippen LogP contribution in [0.3, 0.4) is 0 Å². The summed E-state index contributed by atoms with van der Waals surface area (Å²) < 4.78 is 5.24. The van der Waals surface area contributed by atoms with Gasteiger partial charge in [0.1, 0.15) is 0 Å². The van der Waals surface area contributed by atoms with E-state index >= 15 is 0 Å². The predicted molar refractivity (Wildman–Crippen MR) is 103 cm³/mol. The summed E-state index contributed by atoms with van der Waals surface area (Å²) >= 11 is 11.9. The molecule has 1 aromatic heterocycles. The predicted octanol–water partition coefficient (Wildman–Crippen LogP) is 4.59. The summed E-state index contributed by atoms with van der Waals surface area (Å²) in [6.07, 6.45) is 0.866. The van der Waals surface area contributed by atoms with Gasteiger partial charge in [0.2, 0.25) is 0 Å². The van der Waals surface area contributed by atoms with Crippen LogP contribution in [0.2, 0.25) is 10.0 Å². The largest absolute Gasteiger partial charge is 0.452 e. The lowest BCUT2D eigenvalue weighted by Gasteiger charge is -2.14. The Morgan fingerprint density at radius 1 is 1.19 bits per heavy atom. The van der Waals surface area contributed by atoms with E-state index in [2.05, 4.69) is 10.3 Å². The average molecular weight is 391 g/mol. The third-order valence-electron chi connectivity index (χ3n) is 3.87. The van der Waals surface area contributed by atoms with Crippen molar-refractivity contribution in [1.82, 2.24) is 4.98 Å². The summed E-state index contributed by atoms with van der Waals surface area (Å²) in [5.74, 6) is -0.976. The summed E-state index contributed by atoms with van der Waals surface area (Å²) in [7, 11) is 0. The first-order chi connectivity index (χ1) is 12.4. The number of ether oxygens (including phenoxy) is 1. The van der Waals surface area contributed by atoms with Crippen LogP contribution in [0.15, 0.2) is 48.7 Å². The molecule has 0 saturated heterocycles. The van der Waals surface area contributed by atoms with Gasteiger partial charge in [0, 0.05) is 22.1 Å². The Balaban J connectivity index is 1.61. The lowest BCUT2D eigenvalue weighted by Crippen LogP contribution is -2.30. The van der Waals surface area contributed by atoms with Crippen molar-refractivity contribution < 1.29 is 14.3 Å². The summed E-state index contributed by atoms with van der Waals surface area (Å²) in [6, 6.07) is 12.4. The molecule has 5 nitrogen and oxygen atoms in total. The minimum Gasteiger partial charge on any atom is -0.452 e. The van der Waals surface area contributed by atoms with Crippen LogP contribution in [0.5, 0.6) is 0 Å². The average Bonchev–Trinajstić information content (AvgIpc) is 3.01. The number of carbonyl (C=O) groups is 2. The van der Waals surface area contributed by atoms with E-state index in [-0.39, 0.29) is 6.42 Å². The Labute approximate surface area is 160 Å². The summed E-state index contributed by atoms with van der Waals surface area (Å²) in [4.78, 5) is 27.5. The fourth-order valence-electron chi connectivity index (χ4n) is 2.55. The fourth-order valence-corrected chi connectivity index (χ4v) is 2.89. The number of hydrogen-bond acceptors (Lipinski definition) is 3. The van der Waals surface area contributed by atoms with Gasteiger partial charge in [-0.05, 0) is 36.8 Å². The first-order valence-electron chi connectivity index (χ1n) is 7.94. The maximum absolute atomic E-state index is 12.2. The van der Waals surface area contributed by atoms with Gasteiger partial charge in [-0.3, -0.25) is 9.59 Å². The molecule has 0 aliphatic carbocycles. The second-order valence-electron chi connectivity index (χ2n) is 5.78. The highest BCUT2D eigenvalue weighted by Crippen LogP contribution is 2.25. The van der Waals surface area contributed by atoms with Gasteiger partial charge in [0.15, 0.2) is 6.10 Å². The third kappa shape index (κ3) is 4.18. The Bertz CT molecular complexity index is 968. The Morgan fingerprint density at radius 2 is 1.96 bits per heavy atom. The molecule has 3 rings (SSSR count). The van der Waals surface area contributed by atoms with Crippen molar-refractivity contribution in [2.75, 3.05) is 5.32 Å². The number of esters is 1. The van der Waals surface area contributed by atoms with Gasteiger partial charge in [-0.1, -0.05) is 41.4 Å². The van der Waals surface area contributed by atoms with Crippen molar-refractivity contribution in [2.45, 2.75) is 19.4 Å². The van der Waals surface area contributed by atoms with E-state index in [0.717, 1.165) is 16.5 Å². The molecule has 0 radical (unpaired) electrons. The van der Waals surface area contributed by atoms with E-state index in [9.17, 15) is 9.59 Å². The molecule has 0 spiro atoms. The minimum atomic E-state index is -0.970. The lowest BCUT2D eigenvalue weighted by molar-refractivity contribution is -0.152. The van der Waals surface area contributed by atoms with Gasteiger partial charge in [0.05, 0.1) is 17.1 Å². The van der Waals surface area contributed by atoms with E-state index in [1.165, 1.54) is 13.0 Å². The number of benzene rings is 2. The molecule has 0 bridgehead atoms. The highest BCUT2D eigenvalue weighted by Gasteiger charge is 2.20. The molecule has 7 heteroatoms. The molecule has 26 heavy (non-hydrogen) atoms. The number of fused-ring (bicyclic) bond motifs is 1. The fraction of sp³-hybridized carbons (Fsp3) is 0.158. The second-order valence-corrected chi connectivity index (χ2v) is 6.63. The lowest BCUT2D eigenvalue weighted by atomic mass is 10.1. The van der Waals surface area contributed by atoms with Crippen LogP contribution in [0.25, 0.3) is 10.9 Å². The molecule has 0 unspecified atom stereocenters. The van der Waals surface area contributed by atoms with Crippen LogP contribution in [0, 0.1) is 0 Å². The number of H-pyrrole nitrogens is 1. The number of aromatic amines is 1. The highest BCUT2D eigenvalue weighted by molar-refractivity contribution is 6.35. The van der Waals surface area contributed by atoms with Crippen molar-refractivity contribution in [3.8, 4) is 0 Å². The van der Waals surface area contributed by atoms with Gasteiger partial charge in [-0.2, -0.15) is 0 Å². The zero-order chi connectivity index (χ0) is 18.7. The minimum absolute atomic E-state index is 0.0690. The summed E-state index contributed by atoms with van der Waals surface area (Å²) in [6.45, 7) is 1.50.